The zero-order valence-electron chi connectivity index (χ0n) is 9.96. The Kier molecular flexibility index (Phi) is 4.49. The van der Waals surface area contributed by atoms with Crippen molar-refractivity contribution in [1.29, 1.82) is 0 Å². The van der Waals surface area contributed by atoms with Gasteiger partial charge in [0.25, 0.3) is 5.91 Å². The number of thioether (sulfide) groups is 1. The van der Waals surface area contributed by atoms with Crippen molar-refractivity contribution in [2.24, 2.45) is 0 Å². The van der Waals surface area contributed by atoms with Gasteiger partial charge in [-0.05, 0) is 13.2 Å². The van der Waals surface area contributed by atoms with Crippen LogP contribution < -0.4 is 11.1 Å². The van der Waals surface area contributed by atoms with E-state index >= 15 is 0 Å². The minimum absolute atomic E-state index is 0.0399. The molecule has 1 aromatic rings. The number of thiophene rings is 1. The third kappa shape index (κ3) is 2.44. The maximum absolute atomic E-state index is 11.9. The van der Waals surface area contributed by atoms with Gasteiger partial charge in [-0.1, -0.05) is 0 Å². The van der Waals surface area contributed by atoms with Gasteiger partial charge in [0.15, 0.2) is 0 Å². The van der Waals surface area contributed by atoms with Crippen LogP contribution in [0.1, 0.15) is 16.6 Å². The molecule has 0 spiro atoms. The molecule has 90 valence electrons. The van der Waals surface area contributed by atoms with Crippen LogP contribution >= 0.6 is 23.1 Å². The number of nitrogens with two attached hydrogens (primary N) is 1. The highest BCUT2D eigenvalue weighted by molar-refractivity contribution is 7.99. The van der Waals surface area contributed by atoms with E-state index in [1.165, 1.54) is 11.3 Å². The number of hydrogen-bond acceptors (Lipinski definition) is 5. The normalized spacial score (nSPS) is 10.2. The van der Waals surface area contributed by atoms with Crippen LogP contribution in [-0.4, -0.2) is 37.7 Å². The quantitative estimate of drug-likeness (QED) is 0.814. The molecule has 3 N–H and O–H groups in total. The summed E-state index contributed by atoms with van der Waals surface area (Å²) in [6.45, 7) is 2.84. The minimum atomic E-state index is -0.0399. The summed E-state index contributed by atoms with van der Waals surface area (Å²) in [5.74, 6) is -0.0399. The number of hydrogen-bond donors (Lipinski definition) is 2. The fraction of sp³-hybridized carbons (Fsp3) is 0.500. The maximum atomic E-state index is 11.9. The SMILES string of the molecule is CCNc1sc(C(=O)N(C)C)c(N)c1SC. The van der Waals surface area contributed by atoms with Crippen molar-refractivity contribution in [2.75, 3.05) is 37.9 Å². The number of anilines is 2. The molecule has 0 atom stereocenters. The molecule has 1 rings (SSSR count). The molecular weight excluding hydrogens is 242 g/mol. The molecule has 0 fully saturated rings. The number of nitrogens with zero attached hydrogens (tertiary/aromatic N) is 1. The largest absolute Gasteiger partial charge is 0.396 e. The third-order valence-electron chi connectivity index (χ3n) is 2.04. The Morgan fingerprint density at radius 2 is 2.19 bits per heavy atom. The third-order valence-corrected chi connectivity index (χ3v) is 4.15. The predicted molar refractivity (Wildman–Crippen MR) is 72.7 cm³/mol. The lowest BCUT2D eigenvalue weighted by Crippen LogP contribution is -2.21. The zero-order valence-corrected chi connectivity index (χ0v) is 11.6. The van der Waals surface area contributed by atoms with E-state index in [2.05, 4.69) is 5.32 Å². The Bertz CT molecular complexity index is 388. The zero-order chi connectivity index (χ0) is 12.3. The van der Waals surface area contributed by atoms with Gasteiger partial charge < -0.3 is 16.0 Å². The molecule has 0 bridgehead atoms. The Morgan fingerprint density at radius 3 is 2.62 bits per heavy atom. The van der Waals surface area contributed by atoms with Crippen LogP contribution in [0.15, 0.2) is 4.90 Å². The molecule has 1 amide bonds. The second-order valence-electron chi connectivity index (χ2n) is 3.44. The van der Waals surface area contributed by atoms with E-state index in [9.17, 15) is 4.79 Å². The number of rotatable bonds is 4. The summed E-state index contributed by atoms with van der Waals surface area (Å²) in [7, 11) is 3.46. The van der Waals surface area contributed by atoms with E-state index in [1.54, 1.807) is 30.8 Å². The summed E-state index contributed by atoms with van der Waals surface area (Å²) < 4.78 is 0. The number of carbonyl (C=O) groups excluding carboxylic acids is 1. The summed E-state index contributed by atoms with van der Waals surface area (Å²) in [6.07, 6.45) is 1.96. The van der Waals surface area contributed by atoms with Crippen LogP contribution in [0.3, 0.4) is 0 Å². The number of carbonyl (C=O) groups is 1. The van der Waals surface area contributed by atoms with Crippen LogP contribution in [0.5, 0.6) is 0 Å². The molecule has 1 heterocycles. The molecule has 0 unspecified atom stereocenters. The van der Waals surface area contributed by atoms with Gasteiger partial charge in [-0.15, -0.1) is 23.1 Å². The van der Waals surface area contributed by atoms with Gasteiger partial charge in [0.05, 0.1) is 10.6 Å². The van der Waals surface area contributed by atoms with E-state index in [1.807, 2.05) is 13.2 Å². The van der Waals surface area contributed by atoms with Gasteiger partial charge in [-0.2, -0.15) is 0 Å². The van der Waals surface area contributed by atoms with Crippen LogP contribution in [0.25, 0.3) is 0 Å². The second-order valence-corrected chi connectivity index (χ2v) is 5.27. The average Bonchev–Trinajstić information content (AvgIpc) is 2.54. The number of nitrogens with one attached hydrogen (secondary N) is 1. The van der Waals surface area contributed by atoms with Crippen LogP contribution in [0.4, 0.5) is 10.7 Å². The summed E-state index contributed by atoms with van der Waals surface area (Å²) >= 11 is 2.99. The van der Waals surface area contributed by atoms with Gasteiger partial charge >= 0.3 is 0 Å². The molecule has 0 radical (unpaired) electrons. The molecule has 0 saturated carbocycles. The Hall–Kier alpha value is -0.880. The van der Waals surface area contributed by atoms with Crippen LogP contribution in [0.2, 0.25) is 0 Å². The van der Waals surface area contributed by atoms with Gasteiger partial charge in [-0.3, -0.25) is 4.79 Å². The first-order chi connectivity index (χ1) is 7.52. The van der Waals surface area contributed by atoms with Crippen molar-refractivity contribution in [3.63, 3.8) is 0 Å². The van der Waals surface area contributed by atoms with Crippen molar-refractivity contribution in [2.45, 2.75) is 11.8 Å². The summed E-state index contributed by atoms with van der Waals surface area (Å²) in [5, 5.41) is 4.21. The monoisotopic (exact) mass is 259 g/mol. The lowest BCUT2D eigenvalue weighted by molar-refractivity contribution is 0.0833. The second kappa shape index (κ2) is 5.45. The van der Waals surface area contributed by atoms with Crippen molar-refractivity contribution < 1.29 is 4.79 Å². The highest BCUT2D eigenvalue weighted by Gasteiger charge is 2.21. The van der Waals surface area contributed by atoms with Crippen molar-refractivity contribution in [3.8, 4) is 0 Å². The topological polar surface area (TPSA) is 58.4 Å². The summed E-state index contributed by atoms with van der Waals surface area (Å²) in [4.78, 5) is 15.0. The standard InChI is InChI=1S/C10H17N3OS2/c1-5-12-9-7(15-4)6(11)8(16-9)10(14)13(2)3/h12H,5,11H2,1-4H3. The lowest BCUT2D eigenvalue weighted by atomic mass is 10.3. The van der Waals surface area contributed by atoms with Crippen LogP contribution in [0, 0.1) is 0 Å². The molecular formula is C10H17N3OS2. The molecule has 6 heteroatoms. The smallest absolute Gasteiger partial charge is 0.265 e. The molecule has 0 aromatic carbocycles. The Balaban J connectivity index is 3.16. The first-order valence-corrected chi connectivity index (χ1v) is 6.98. The minimum Gasteiger partial charge on any atom is -0.396 e. The van der Waals surface area contributed by atoms with E-state index in [4.69, 9.17) is 5.73 Å². The van der Waals surface area contributed by atoms with E-state index in [0.717, 1.165) is 16.4 Å². The summed E-state index contributed by atoms with van der Waals surface area (Å²) in [5.41, 5.74) is 6.58. The van der Waals surface area contributed by atoms with Gasteiger partial charge in [0.2, 0.25) is 0 Å². The van der Waals surface area contributed by atoms with E-state index in [0.29, 0.717) is 10.6 Å². The fourth-order valence-electron chi connectivity index (χ4n) is 1.27. The van der Waals surface area contributed by atoms with Gasteiger partial charge in [-0.25, -0.2) is 0 Å². The highest BCUT2D eigenvalue weighted by Crippen LogP contribution is 2.41. The molecule has 4 nitrogen and oxygen atoms in total. The molecule has 0 saturated heterocycles. The Morgan fingerprint density at radius 1 is 1.56 bits per heavy atom. The van der Waals surface area contributed by atoms with Crippen molar-refractivity contribution >= 4 is 39.7 Å². The lowest BCUT2D eigenvalue weighted by Gasteiger charge is -2.08. The fourth-order valence-corrected chi connectivity index (χ4v) is 3.39. The molecule has 0 aliphatic heterocycles. The first-order valence-electron chi connectivity index (χ1n) is 4.94. The Labute approximate surface area is 104 Å². The van der Waals surface area contributed by atoms with Crippen molar-refractivity contribution in [1.82, 2.24) is 4.90 Å². The molecule has 16 heavy (non-hydrogen) atoms. The van der Waals surface area contributed by atoms with Crippen LogP contribution in [-0.2, 0) is 0 Å². The van der Waals surface area contributed by atoms with E-state index in [-0.39, 0.29) is 5.91 Å². The van der Waals surface area contributed by atoms with E-state index < -0.39 is 0 Å². The molecule has 0 aliphatic carbocycles. The van der Waals surface area contributed by atoms with Crippen molar-refractivity contribution in [3.05, 3.63) is 4.88 Å². The average molecular weight is 259 g/mol. The van der Waals surface area contributed by atoms with Gasteiger partial charge in [0.1, 0.15) is 9.88 Å². The summed E-state index contributed by atoms with van der Waals surface area (Å²) in [6, 6.07) is 0. The predicted octanol–water partition coefficient (Wildman–Crippen LogP) is 2.19. The highest BCUT2D eigenvalue weighted by atomic mass is 32.2. The molecule has 1 aromatic heterocycles. The molecule has 0 aliphatic rings. The number of nitrogen functional groups attached to an aromatic ring is 1. The van der Waals surface area contributed by atoms with Gasteiger partial charge in [0, 0.05) is 20.6 Å². The number of amides is 1. The first kappa shape index (κ1) is 13.2. The maximum Gasteiger partial charge on any atom is 0.265 e.